The van der Waals surface area contributed by atoms with Gasteiger partial charge in [0, 0.05) is 22.6 Å². The summed E-state index contributed by atoms with van der Waals surface area (Å²) in [7, 11) is 0. The Hall–Kier alpha value is -2.55. The molecule has 6 nitrogen and oxygen atoms in total. The van der Waals surface area contributed by atoms with Crippen molar-refractivity contribution < 1.29 is 14.3 Å². The Kier molecular flexibility index (Phi) is 9.17. The molecule has 176 valence electrons. The number of carbonyl (C=O) groups excluding carboxylic acids is 2. The Morgan fingerprint density at radius 3 is 2.61 bits per heavy atom. The number of aryl methyl sites for hydroxylation is 2. The van der Waals surface area contributed by atoms with Gasteiger partial charge >= 0.3 is 0 Å². The van der Waals surface area contributed by atoms with E-state index < -0.39 is 6.04 Å². The first-order valence-electron chi connectivity index (χ1n) is 11.2. The fourth-order valence-corrected chi connectivity index (χ4v) is 5.41. The summed E-state index contributed by atoms with van der Waals surface area (Å²) in [6, 6.07) is 9.47. The molecule has 0 fully saturated rings. The normalized spacial score (nSPS) is 11.9. The molecule has 0 radical (unpaired) electrons. The van der Waals surface area contributed by atoms with E-state index in [0.717, 1.165) is 32.9 Å². The monoisotopic (exact) mass is 485 g/mol. The number of anilines is 1. The summed E-state index contributed by atoms with van der Waals surface area (Å²) in [5, 5.41) is 6.31. The van der Waals surface area contributed by atoms with Crippen LogP contribution >= 0.6 is 22.7 Å². The Morgan fingerprint density at radius 1 is 1.12 bits per heavy atom. The summed E-state index contributed by atoms with van der Waals surface area (Å²) in [5.74, 6) is -0.388. The van der Waals surface area contributed by atoms with Gasteiger partial charge in [0.25, 0.3) is 0 Å². The zero-order valence-electron chi connectivity index (χ0n) is 19.6. The maximum absolute atomic E-state index is 12.9. The van der Waals surface area contributed by atoms with E-state index in [9.17, 15) is 9.59 Å². The predicted octanol–water partition coefficient (Wildman–Crippen LogP) is 5.49. The van der Waals surface area contributed by atoms with Crippen LogP contribution in [0.4, 0.5) is 5.13 Å². The molecule has 0 saturated heterocycles. The number of rotatable bonds is 11. The number of hydrogen-bond donors (Lipinski definition) is 2. The summed E-state index contributed by atoms with van der Waals surface area (Å²) >= 11 is 3.09. The molecule has 2 aromatic heterocycles. The largest absolute Gasteiger partial charge is 0.377 e. The van der Waals surface area contributed by atoms with E-state index in [0.29, 0.717) is 24.8 Å². The van der Waals surface area contributed by atoms with Gasteiger partial charge in [-0.15, -0.1) is 11.3 Å². The third kappa shape index (κ3) is 6.96. The smallest absolute Gasteiger partial charge is 0.248 e. The number of thiophene rings is 1. The molecule has 0 bridgehead atoms. The van der Waals surface area contributed by atoms with E-state index in [1.54, 1.807) is 17.5 Å². The molecule has 1 atom stereocenters. The van der Waals surface area contributed by atoms with Crippen molar-refractivity contribution in [1.82, 2.24) is 10.3 Å². The Labute approximate surface area is 203 Å². The van der Waals surface area contributed by atoms with Crippen molar-refractivity contribution in [2.45, 2.75) is 59.6 Å². The van der Waals surface area contributed by atoms with E-state index in [4.69, 9.17) is 4.74 Å². The molecule has 2 amide bonds. The summed E-state index contributed by atoms with van der Waals surface area (Å²) in [5.41, 5.74) is 3.14. The molecule has 3 rings (SSSR count). The molecule has 1 aromatic carbocycles. The third-order valence-corrected chi connectivity index (χ3v) is 7.16. The highest BCUT2D eigenvalue weighted by Gasteiger charge is 2.22. The highest BCUT2D eigenvalue weighted by atomic mass is 32.1. The zero-order valence-corrected chi connectivity index (χ0v) is 21.2. The standard InChI is InChI=1S/C25H31N3O3S2/c1-5-9-21(27-23(29)13-19-12-16(3)32-17(19)4)24(30)28-25-26-14-22(33-25)20-11-8-7-10-18(20)15-31-6-2/h7-8,10-12,14,21H,5-6,9,13,15H2,1-4H3,(H,27,29)(H,26,28,30)/t21-/m0/s1. The minimum atomic E-state index is -0.597. The molecule has 0 aliphatic rings. The second-order valence-corrected chi connectivity index (χ2v) is 10.3. The van der Waals surface area contributed by atoms with Crippen molar-refractivity contribution >= 4 is 39.6 Å². The Morgan fingerprint density at radius 2 is 1.91 bits per heavy atom. The van der Waals surface area contributed by atoms with Crippen LogP contribution in [0.15, 0.2) is 36.5 Å². The number of thiazole rings is 1. The molecule has 0 aliphatic heterocycles. The molecule has 0 spiro atoms. The van der Waals surface area contributed by atoms with Crippen molar-refractivity contribution in [3.8, 4) is 10.4 Å². The van der Waals surface area contributed by atoms with Crippen LogP contribution in [-0.4, -0.2) is 29.4 Å². The summed E-state index contributed by atoms with van der Waals surface area (Å²) in [6.07, 6.45) is 3.39. The molecule has 8 heteroatoms. The molecule has 33 heavy (non-hydrogen) atoms. The van der Waals surface area contributed by atoms with E-state index in [1.807, 2.05) is 58.0 Å². The minimum Gasteiger partial charge on any atom is -0.377 e. The quantitative estimate of drug-likeness (QED) is 0.376. The maximum Gasteiger partial charge on any atom is 0.248 e. The Bertz CT molecular complexity index is 1090. The number of benzene rings is 1. The van der Waals surface area contributed by atoms with E-state index >= 15 is 0 Å². The minimum absolute atomic E-state index is 0.144. The average Bonchev–Trinajstić information content (AvgIpc) is 3.37. The lowest BCUT2D eigenvalue weighted by atomic mass is 10.1. The van der Waals surface area contributed by atoms with Gasteiger partial charge in [-0.2, -0.15) is 0 Å². The summed E-state index contributed by atoms with van der Waals surface area (Å²) in [4.78, 5) is 33.2. The van der Waals surface area contributed by atoms with Gasteiger partial charge in [-0.25, -0.2) is 4.98 Å². The lowest BCUT2D eigenvalue weighted by Gasteiger charge is -2.17. The van der Waals surface area contributed by atoms with Crippen molar-refractivity contribution in [2.24, 2.45) is 0 Å². The van der Waals surface area contributed by atoms with Gasteiger partial charge in [0.05, 0.1) is 17.9 Å². The number of carbonyl (C=O) groups is 2. The SMILES string of the molecule is CCC[C@H](NC(=O)Cc1cc(C)sc1C)C(=O)Nc1ncc(-c2ccccc2COCC)s1. The van der Waals surface area contributed by atoms with Gasteiger partial charge in [-0.3, -0.25) is 9.59 Å². The van der Waals surface area contributed by atoms with Gasteiger partial charge in [-0.1, -0.05) is 48.9 Å². The van der Waals surface area contributed by atoms with E-state index in [1.165, 1.54) is 16.2 Å². The average molecular weight is 486 g/mol. The molecule has 3 aromatic rings. The van der Waals surface area contributed by atoms with Crippen LogP contribution in [0.3, 0.4) is 0 Å². The Balaban J connectivity index is 1.66. The summed E-state index contributed by atoms with van der Waals surface area (Å²) < 4.78 is 5.57. The summed E-state index contributed by atoms with van der Waals surface area (Å²) in [6.45, 7) is 9.19. The molecule has 0 saturated carbocycles. The van der Waals surface area contributed by atoms with Crippen molar-refractivity contribution in [1.29, 1.82) is 0 Å². The van der Waals surface area contributed by atoms with Crippen molar-refractivity contribution in [2.75, 3.05) is 11.9 Å². The van der Waals surface area contributed by atoms with Gasteiger partial charge < -0.3 is 15.4 Å². The van der Waals surface area contributed by atoms with Crippen LogP contribution in [0.25, 0.3) is 10.4 Å². The molecule has 0 aliphatic carbocycles. The highest BCUT2D eigenvalue weighted by molar-refractivity contribution is 7.19. The number of aromatic nitrogens is 1. The number of amides is 2. The van der Waals surface area contributed by atoms with Gasteiger partial charge in [0.2, 0.25) is 11.8 Å². The van der Waals surface area contributed by atoms with Crippen LogP contribution in [0.5, 0.6) is 0 Å². The third-order valence-electron chi connectivity index (χ3n) is 5.20. The number of hydrogen-bond acceptors (Lipinski definition) is 6. The molecular formula is C25H31N3O3S2. The second kappa shape index (κ2) is 12.1. The molecule has 0 unspecified atom stereocenters. The molecule has 2 N–H and O–H groups in total. The molecule has 2 heterocycles. The lowest BCUT2D eigenvalue weighted by molar-refractivity contribution is -0.126. The van der Waals surface area contributed by atoms with E-state index in [-0.39, 0.29) is 18.2 Å². The first kappa shape index (κ1) is 25.1. The first-order chi connectivity index (χ1) is 15.9. The van der Waals surface area contributed by atoms with Crippen LogP contribution in [0.2, 0.25) is 0 Å². The van der Waals surface area contributed by atoms with Crippen LogP contribution in [0, 0.1) is 13.8 Å². The van der Waals surface area contributed by atoms with Crippen LogP contribution in [-0.2, 0) is 27.4 Å². The second-order valence-electron chi connectivity index (χ2n) is 7.84. The number of nitrogens with zero attached hydrogens (tertiary/aromatic N) is 1. The highest BCUT2D eigenvalue weighted by Crippen LogP contribution is 2.32. The van der Waals surface area contributed by atoms with E-state index in [2.05, 4.69) is 15.6 Å². The lowest BCUT2D eigenvalue weighted by Crippen LogP contribution is -2.44. The number of nitrogens with one attached hydrogen (secondary N) is 2. The van der Waals surface area contributed by atoms with Gasteiger partial charge in [0.15, 0.2) is 5.13 Å². The van der Waals surface area contributed by atoms with Crippen LogP contribution in [0.1, 0.15) is 47.6 Å². The van der Waals surface area contributed by atoms with Crippen LogP contribution < -0.4 is 10.6 Å². The van der Waals surface area contributed by atoms with Gasteiger partial charge in [0.1, 0.15) is 6.04 Å². The maximum atomic E-state index is 12.9. The fourth-order valence-electron chi connectivity index (χ4n) is 3.58. The van der Waals surface area contributed by atoms with Crippen molar-refractivity contribution in [3.05, 3.63) is 57.4 Å². The number of ether oxygens (including phenoxy) is 1. The fraction of sp³-hybridized carbons (Fsp3) is 0.400. The topological polar surface area (TPSA) is 80.3 Å². The van der Waals surface area contributed by atoms with Gasteiger partial charge in [-0.05, 0) is 49.9 Å². The zero-order chi connectivity index (χ0) is 23.8. The predicted molar refractivity (Wildman–Crippen MR) is 136 cm³/mol. The molecular weight excluding hydrogens is 454 g/mol. The first-order valence-corrected chi connectivity index (χ1v) is 12.8. The van der Waals surface area contributed by atoms with Crippen molar-refractivity contribution in [3.63, 3.8) is 0 Å².